The monoisotopic (exact) mass is 486 g/mol. The van der Waals surface area contributed by atoms with Crippen molar-refractivity contribution in [2.45, 2.75) is 142 Å². The largest absolute Gasteiger partial charge is 0.465 e. The van der Waals surface area contributed by atoms with Gasteiger partial charge < -0.3 is 20.1 Å². The summed E-state index contributed by atoms with van der Waals surface area (Å²) in [7, 11) is 0. The van der Waals surface area contributed by atoms with Gasteiger partial charge in [0.25, 0.3) is 0 Å². The number of carbonyl (C=O) groups excluding carboxylic acids is 1. The van der Waals surface area contributed by atoms with E-state index in [4.69, 9.17) is 20.1 Å². The van der Waals surface area contributed by atoms with Crippen LogP contribution in [0.3, 0.4) is 0 Å². The molecule has 0 heterocycles. The molecule has 0 saturated carbocycles. The number of hydrogen-bond acceptors (Lipinski definition) is 5. The zero-order chi connectivity index (χ0) is 25.7. The van der Waals surface area contributed by atoms with E-state index in [9.17, 15) is 4.79 Å². The lowest BCUT2D eigenvalue weighted by Gasteiger charge is -2.14. The van der Waals surface area contributed by atoms with Crippen LogP contribution in [0, 0.1) is 5.92 Å². The van der Waals surface area contributed by atoms with Gasteiger partial charge in [-0.25, -0.2) is 0 Å². The van der Waals surface area contributed by atoms with Crippen LogP contribution in [0.1, 0.15) is 136 Å². The molecule has 3 N–H and O–H groups in total. The van der Waals surface area contributed by atoms with E-state index in [2.05, 4.69) is 32.9 Å². The van der Waals surface area contributed by atoms with Crippen LogP contribution in [0.4, 0.5) is 0 Å². The Bertz CT molecular complexity index is 421. The minimum absolute atomic E-state index is 0.00701. The quantitative estimate of drug-likeness (QED) is 0.0813. The number of rotatable bonds is 23. The summed E-state index contributed by atoms with van der Waals surface area (Å²) in [6, 6.07) is 0. The number of carbonyl (C=O) groups is 1. The second-order valence-corrected chi connectivity index (χ2v) is 9.45. The molecule has 0 aliphatic heterocycles. The van der Waals surface area contributed by atoms with Crippen molar-refractivity contribution in [3.8, 4) is 0 Å². The SMILES string of the molecule is CCCCCCCC/C=C\CCCCCCCC(=O)OCC(CC)CCCC.OCC(O)CO. The van der Waals surface area contributed by atoms with Gasteiger partial charge in [-0.2, -0.15) is 0 Å². The third-order valence-corrected chi connectivity index (χ3v) is 6.09. The Kier molecular flexibility index (Phi) is 31.2. The molecule has 0 radical (unpaired) electrons. The predicted molar refractivity (Wildman–Crippen MR) is 144 cm³/mol. The molecule has 1 atom stereocenters. The zero-order valence-corrected chi connectivity index (χ0v) is 22.8. The van der Waals surface area contributed by atoms with Gasteiger partial charge >= 0.3 is 5.97 Å². The summed E-state index contributed by atoms with van der Waals surface area (Å²) in [5.41, 5.74) is 0. The van der Waals surface area contributed by atoms with Crippen molar-refractivity contribution in [3.63, 3.8) is 0 Å². The van der Waals surface area contributed by atoms with E-state index in [-0.39, 0.29) is 19.2 Å². The first-order valence-corrected chi connectivity index (χ1v) is 14.3. The molecule has 5 nitrogen and oxygen atoms in total. The van der Waals surface area contributed by atoms with Gasteiger partial charge in [-0.15, -0.1) is 0 Å². The van der Waals surface area contributed by atoms with E-state index >= 15 is 0 Å². The van der Waals surface area contributed by atoms with Gasteiger partial charge in [0.05, 0.1) is 19.8 Å². The van der Waals surface area contributed by atoms with Gasteiger partial charge in [0.15, 0.2) is 0 Å². The van der Waals surface area contributed by atoms with E-state index in [1.54, 1.807) is 0 Å². The minimum Gasteiger partial charge on any atom is -0.465 e. The number of aliphatic hydroxyl groups excluding tert-OH is 3. The molecule has 0 amide bonds. The van der Waals surface area contributed by atoms with Gasteiger partial charge in [-0.1, -0.05) is 104 Å². The summed E-state index contributed by atoms with van der Waals surface area (Å²) in [5.74, 6) is 0.561. The molecule has 5 heteroatoms. The highest BCUT2D eigenvalue weighted by Gasteiger charge is 2.09. The van der Waals surface area contributed by atoms with Crippen molar-refractivity contribution >= 4 is 5.97 Å². The van der Waals surface area contributed by atoms with Crippen LogP contribution in [0.15, 0.2) is 12.2 Å². The van der Waals surface area contributed by atoms with Gasteiger partial charge in [-0.3, -0.25) is 4.79 Å². The molecule has 0 aromatic carbocycles. The van der Waals surface area contributed by atoms with Gasteiger partial charge in [0.1, 0.15) is 6.10 Å². The van der Waals surface area contributed by atoms with Gasteiger partial charge in [0, 0.05) is 6.42 Å². The Labute approximate surface area is 211 Å². The fourth-order valence-electron chi connectivity index (χ4n) is 3.58. The van der Waals surface area contributed by atoms with E-state index in [1.807, 2.05) is 0 Å². The van der Waals surface area contributed by atoms with Crippen molar-refractivity contribution in [3.05, 3.63) is 12.2 Å². The molecular formula is C29H58O5. The molecule has 34 heavy (non-hydrogen) atoms. The number of allylic oxidation sites excluding steroid dienone is 2. The lowest BCUT2D eigenvalue weighted by atomic mass is 10.0. The number of aliphatic hydroxyl groups is 3. The third kappa shape index (κ3) is 29.1. The number of esters is 1. The smallest absolute Gasteiger partial charge is 0.305 e. The van der Waals surface area contributed by atoms with Crippen LogP contribution in [-0.2, 0) is 9.53 Å². The number of hydrogen-bond donors (Lipinski definition) is 3. The fraction of sp³-hybridized carbons (Fsp3) is 0.897. The Morgan fingerprint density at radius 3 is 1.71 bits per heavy atom. The summed E-state index contributed by atoms with van der Waals surface area (Å²) >= 11 is 0. The molecule has 0 aliphatic rings. The van der Waals surface area contributed by atoms with Crippen molar-refractivity contribution in [1.29, 1.82) is 0 Å². The van der Waals surface area contributed by atoms with Crippen LogP contribution in [0.25, 0.3) is 0 Å². The summed E-state index contributed by atoms with van der Waals surface area (Å²) in [6.07, 6.45) is 25.9. The third-order valence-electron chi connectivity index (χ3n) is 6.09. The summed E-state index contributed by atoms with van der Waals surface area (Å²) < 4.78 is 5.46. The van der Waals surface area contributed by atoms with E-state index in [0.29, 0.717) is 18.9 Å². The highest BCUT2D eigenvalue weighted by atomic mass is 16.5. The Balaban J connectivity index is 0. The van der Waals surface area contributed by atoms with E-state index in [1.165, 1.54) is 89.9 Å². The van der Waals surface area contributed by atoms with Crippen LogP contribution in [0.2, 0.25) is 0 Å². The molecular weight excluding hydrogens is 428 g/mol. The molecule has 0 saturated heterocycles. The summed E-state index contributed by atoms with van der Waals surface area (Å²) in [5, 5.41) is 24.0. The maximum Gasteiger partial charge on any atom is 0.305 e. The second-order valence-electron chi connectivity index (χ2n) is 9.45. The van der Waals surface area contributed by atoms with Crippen LogP contribution in [0.5, 0.6) is 0 Å². The average molecular weight is 487 g/mol. The zero-order valence-electron chi connectivity index (χ0n) is 22.8. The molecule has 204 valence electrons. The molecule has 0 aromatic rings. The number of unbranched alkanes of at least 4 members (excludes halogenated alkanes) is 12. The predicted octanol–water partition coefficient (Wildman–Crippen LogP) is 7.12. The Morgan fingerprint density at radius 1 is 0.735 bits per heavy atom. The highest BCUT2D eigenvalue weighted by Crippen LogP contribution is 2.14. The maximum absolute atomic E-state index is 11.8. The Morgan fingerprint density at radius 2 is 1.24 bits per heavy atom. The van der Waals surface area contributed by atoms with Crippen molar-refractivity contribution in [2.75, 3.05) is 19.8 Å². The molecule has 0 bridgehead atoms. The van der Waals surface area contributed by atoms with E-state index in [0.717, 1.165) is 19.3 Å². The topological polar surface area (TPSA) is 87.0 Å². The molecule has 1 unspecified atom stereocenters. The first-order chi connectivity index (χ1) is 16.5. The van der Waals surface area contributed by atoms with Gasteiger partial charge in [-0.05, 0) is 44.4 Å². The van der Waals surface area contributed by atoms with Gasteiger partial charge in [0.2, 0.25) is 0 Å². The molecule has 0 spiro atoms. The molecule has 0 aromatic heterocycles. The second kappa shape index (κ2) is 30.1. The summed E-state index contributed by atoms with van der Waals surface area (Å²) in [4.78, 5) is 11.8. The summed E-state index contributed by atoms with van der Waals surface area (Å²) in [6.45, 7) is 6.57. The average Bonchev–Trinajstić information content (AvgIpc) is 2.86. The maximum atomic E-state index is 11.8. The fourth-order valence-corrected chi connectivity index (χ4v) is 3.58. The van der Waals surface area contributed by atoms with Crippen molar-refractivity contribution < 1.29 is 24.9 Å². The minimum atomic E-state index is -0.954. The highest BCUT2D eigenvalue weighted by molar-refractivity contribution is 5.69. The van der Waals surface area contributed by atoms with Crippen LogP contribution >= 0.6 is 0 Å². The lowest BCUT2D eigenvalue weighted by molar-refractivity contribution is -0.145. The lowest BCUT2D eigenvalue weighted by Crippen LogP contribution is -2.15. The van der Waals surface area contributed by atoms with Crippen LogP contribution < -0.4 is 0 Å². The molecule has 0 fully saturated rings. The first-order valence-electron chi connectivity index (χ1n) is 14.3. The Hall–Kier alpha value is -0.910. The van der Waals surface area contributed by atoms with E-state index < -0.39 is 6.10 Å². The standard InChI is InChI=1S/C26H50O2.C3H8O3/c1-4-7-9-10-11-12-13-14-15-16-17-18-19-20-21-23-26(27)28-24-25(6-3)22-8-5-2;4-1-3(6)2-5/h14-15,25H,4-13,16-24H2,1-3H3;3-6H,1-2H2/b15-14-;. The van der Waals surface area contributed by atoms with Crippen LogP contribution in [-0.4, -0.2) is 47.2 Å². The normalized spacial score (nSPS) is 12.1. The van der Waals surface area contributed by atoms with Crippen molar-refractivity contribution in [1.82, 2.24) is 0 Å². The number of ether oxygens (including phenoxy) is 1. The first kappa shape index (κ1) is 35.3. The molecule has 0 aliphatic carbocycles. The molecule has 0 rings (SSSR count). The van der Waals surface area contributed by atoms with Crippen molar-refractivity contribution in [2.24, 2.45) is 5.92 Å².